The highest BCUT2D eigenvalue weighted by Gasteiger charge is 2.22. The molecule has 0 aliphatic carbocycles. The van der Waals surface area contributed by atoms with Crippen molar-refractivity contribution in [1.29, 1.82) is 0 Å². The molecule has 0 bridgehead atoms. The summed E-state index contributed by atoms with van der Waals surface area (Å²) in [4.78, 5) is 9.70. The van der Waals surface area contributed by atoms with Crippen molar-refractivity contribution in [3.8, 4) is 0 Å². The number of fused-ring (bicyclic) bond motifs is 1. The molecule has 1 aromatic carbocycles. The van der Waals surface area contributed by atoms with Gasteiger partial charge in [-0.15, -0.1) is 0 Å². The van der Waals surface area contributed by atoms with E-state index >= 15 is 0 Å². The van der Waals surface area contributed by atoms with Crippen molar-refractivity contribution < 1.29 is 12.8 Å². The lowest BCUT2D eigenvalue weighted by Gasteiger charge is -2.19. The molecule has 0 fully saturated rings. The molecule has 0 amide bonds. The molecular formula is C20H16BrFN4O2S. The summed E-state index contributed by atoms with van der Waals surface area (Å²) in [5.41, 5.74) is 2.08. The first-order valence-corrected chi connectivity index (χ1v) is 10.9. The van der Waals surface area contributed by atoms with Crippen molar-refractivity contribution in [2.75, 3.05) is 11.9 Å². The Balaban J connectivity index is 1.79. The molecule has 29 heavy (non-hydrogen) atoms. The van der Waals surface area contributed by atoms with Crippen LogP contribution in [-0.2, 0) is 16.6 Å². The largest absolute Gasteiger partial charge is 0.368 e. The quantitative estimate of drug-likeness (QED) is 0.405. The van der Waals surface area contributed by atoms with Gasteiger partial charge in [-0.2, -0.15) is 4.39 Å². The van der Waals surface area contributed by atoms with Crippen molar-refractivity contribution >= 4 is 42.5 Å². The van der Waals surface area contributed by atoms with E-state index in [0.29, 0.717) is 22.4 Å². The second kappa shape index (κ2) is 7.57. The molecule has 148 valence electrons. The average molecular weight is 475 g/mol. The van der Waals surface area contributed by atoms with Crippen LogP contribution >= 0.6 is 15.9 Å². The fourth-order valence-corrected chi connectivity index (χ4v) is 5.15. The van der Waals surface area contributed by atoms with Crippen LogP contribution < -0.4 is 4.90 Å². The van der Waals surface area contributed by atoms with E-state index in [0.717, 1.165) is 10.9 Å². The van der Waals surface area contributed by atoms with Gasteiger partial charge in [0, 0.05) is 37.6 Å². The highest BCUT2D eigenvalue weighted by atomic mass is 79.9. The van der Waals surface area contributed by atoms with Gasteiger partial charge in [-0.25, -0.2) is 17.4 Å². The van der Waals surface area contributed by atoms with Gasteiger partial charge in [0.15, 0.2) is 0 Å². The second-order valence-corrected chi connectivity index (χ2v) is 9.03. The van der Waals surface area contributed by atoms with Crippen molar-refractivity contribution in [1.82, 2.24) is 13.9 Å². The summed E-state index contributed by atoms with van der Waals surface area (Å²) in [5.74, 6) is -0.576. The molecule has 0 spiro atoms. The van der Waals surface area contributed by atoms with Crippen LogP contribution in [0, 0.1) is 5.95 Å². The number of nitrogens with zero attached hydrogens (tertiary/aromatic N) is 4. The zero-order valence-corrected chi connectivity index (χ0v) is 17.7. The minimum absolute atomic E-state index is 0.117. The molecule has 0 saturated heterocycles. The Morgan fingerprint density at radius 1 is 1.14 bits per heavy atom. The zero-order valence-electron chi connectivity index (χ0n) is 15.3. The highest BCUT2D eigenvalue weighted by Crippen LogP contribution is 2.29. The minimum atomic E-state index is -3.79. The number of anilines is 1. The highest BCUT2D eigenvalue weighted by molar-refractivity contribution is 9.10. The molecule has 0 aliphatic heterocycles. The van der Waals surface area contributed by atoms with Crippen LogP contribution in [0.15, 0.2) is 76.6 Å². The first-order chi connectivity index (χ1) is 13.9. The molecule has 4 rings (SSSR count). The maximum atomic E-state index is 13.3. The Bertz CT molecular complexity index is 1290. The molecule has 3 heterocycles. The predicted octanol–water partition coefficient (Wildman–Crippen LogP) is 4.21. The van der Waals surface area contributed by atoms with Gasteiger partial charge in [0.05, 0.1) is 11.2 Å². The van der Waals surface area contributed by atoms with E-state index in [-0.39, 0.29) is 4.90 Å². The second-order valence-electron chi connectivity index (χ2n) is 6.46. The number of para-hydroxylation sites is 1. The minimum Gasteiger partial charge on any atom is -0.368 e. The van der Waals surface area contributed by atoms with Crippen LogP contribution in [0.2, 0.25) is 0 Å². The number of hydrogen-bond acceptors (Lipinski definition) is 5. The number of aromatic nitrogens is 3. The Kier molecular flexibility index (Phi) is 5.10. The fraction of sp³-hybridized carbons (Fsp3) is 0.100. The summed E-state index contributed by atoms with van der Waals surface area (Å²) in [7, 11) is -1.96. The van der Waals surface area contributed by atoms with Gasteiger partial charge in [0.25, 0.3) is 10.0 Å². The van der Waals surface area contributed by atoms with Gasteiger partial charge in [0.1, 0.15) is 9.50 Å². The summed E-state index contributed by atoms with van der Waals surface area (Å²) >= 11 is 3.28. The van der Waals surface area contributed by atoms with Gasteiger partial charge < -0.3 is 4.90 Å². The average Bonchev–Trinajstić information content (AvgIpc) is 3.08. The van der Waals surface area contributed by atoms with E-state index in [2.05, 4.69) is 25.9 Å². The van der Waals surface area contributed by atoms with E-state index in [1.54, 1.807) is 30.5 Å². The number of rotatable bonds is 5. The molecule has 0 radical (unpaired) electrons. The fourth-order valence-electron chi connectivity index (χ4n) is 3.19. The van der Waals surface area contributed by atoms with E-state index < -0.39 is 16.0 Å². The molecule has 0 aliphatic rings. The van der Waals surface area contributed by atoms with Gasteiger partial charge in [-0.3, -0.25) is 4.98 Å². The normalized spacial score (nSPS) is 11.7. The number of halogens is 2. The third kappa shape index (κ3) is 3.63. The smallest absolute Gasteiger partial charge is 0.269 e. The molecule has 0 saturated carbocycles. The summed E-state index contributed by atoms with van der Waals surface area (Å²) in [6, 6.07) is 13.3. The van der Waals surface area contributed by atoms with Crippen LogP contribution in [-0.4, -0.2) is 29.4 Å². The van der Waals surface area contributed by atoms with Crippen LogP contribution in [0.3, 0.4) is 0 Å². The summed E-state index contributed by atoms with van der Waals surface area (Å²) in [6.45, 7) is 0.405. The van der Waals surface area contributed by atoms with Crippen molar-refractivity contribution in [3.63, 3.8) is 0 Å². The molecule has 0 N–H and O–H groups in total. The molecule has 0 unspecified atom stereocenters. The monoisotopic (exact) mass is 474 g/mol. The summed E-state index contributed by atoms with van der Waals surface area (Å²) in [6.07, 6.45) is 4.48. The third-order valence-corrected chi connectivity index (χ3v) is 6.81. The van der Waals surface area contributed by atoms with Crippen LogP contribution in [0.1, 0.15) is 5.56 Å². The molecule has 0 atom stereocenters. The number of pyridine rings is 2. The van der Waals surface area contributed by atoms with Gasteiger partial charge in [0.2, 0.25) is 5.95 Å². The lowest BCUT2D eigenvalue weighted by Crippen LogP contribution is -2.17. The summed E-state index contributed by atoms with van der Waals surface area (Å²) in [5, 5.41) is 0.818. The maximum absolute atomic E-state index is 13.3. The lowest BCUT2D eigenvalue weighted by molar-refractivity contribution is 0.580. The van der Waals surface area contributed by atoms with Gasteiger partial charge in [-0.05, 0) is 51.8 Å². The number of hydrogen-bond donors (Lipinski definition) is 0. The van der Waals surface area contributed by atoms with Crippen LogP contribution in [0.4, 0.5) is 10.1 Å². The SMILES string of the molecule is CN(Cc1cn(S(=O)(=O)c2cccnc2)c2ccccc12)c1ccc(F)nc1Br. The first-order valence-electron chi connectivity index (χ1n) is 8.65. The molecule has 9 heteroatoms. The van der Waals surface area contributed by atoms with Crippen molar-refractivity contribution in [2.24, 2.45) is 0 Å². The molecular weight excluding hydrogens is 459 g/mol. The maximum Gasteiger partial charge on any atom is 0.269 e. The standard InChI is InChI=1S/C20H16BrFN4O2S/c1-25(18-8-9-19(22)24-20(18)21)12-14-13-26(17-7-3-2-6-16(14)17)29(27,28)15-5-4-10-23-11-15/h2-11,13H,12H2,1H3. The Morgan fingerprint density at radius 3 is 2.66 bits per heavy atom. The lowest BCUT2D eigenvalue weighted by atomic mass is 10.1. The Labute approximate surface area is 175 Å². The van der Waals surface area contributed by atoms with E-state index in [1.807, 2.05) is 24.1 Å². The van der Waals surface area contributed by atoms with Gasteiger partial charge >= 0.3 is 0 Å². The van der Waals surface area contributed by atoms with Crippen LogP contribution in [0.25, 0.3) is 10.9 Å². The summed E-state index contributed by atoms with van der Waals surface area (Å²) < 4.78 is 41.3. The van der Waals surface area contributed by atoms with E-state index in [9.17, 15) is 12.8 Å². The molecule has 6 nitrogen and oxygen atoms in total. The van der Waals surface area contributed by atoms with E-state index in [1.165, 1.54) is 28.5 Å². The predicted molar refractivity (Wildman–Crippen MR) is 113 cm³/mol. The van der Waals surface area contributed by atoms with Crippen molar-refractivity contribution in [3.05, 3.63) is 83.2 Å². The zero-order chi connectivity index (χ0) is 20.6. The topological polar surface area (TPSA) is 68.1 Å². The van der Waals surface area contributed by atoms with Gasteiger partial charge in [-0.1, -0.05) is 18.2 Å². The number of benzene rings is 1. The Morgan fingerprint density at radius 2 is 1.93 bits per heavy atom. The van der Waals surface area contributed by atoms with E-state index in [4.69, 9.17) is 0 Å². The third-order valence-electron chi connectivity index (χ3n) is 4.57. The van der Waals surface area contributed by atoms with Crippen LogP contribution in [0.5, 0.6) is 0 Å². The Hall–Kier alpha value is -2.78. The molecule has 3 aromatic heterocycles. The van der Waals surface area contributed by atoms with Crippen molar-refractivity contribution in [2.45, 2.75) is 11.4 Å². The first kappa shape index (κ1) is 19.5. The molecule has 4 aromatic rings.